The quantitative estimate of drug-likeness (QED) is 0.615. The van der Waals surface area contributed by atoms with E-state index in [4.69, 9.17) is 10.3 Å². The second kappa shape index (κ2) is 5.61. The van der Waals surface area contributed by atoms with Crippen LogP contribution in [-0.2, 0) is 12.8 Å². The van der Waals surface area contributed by atoms with Gasteiger partial charge in [-0.25, -0.2) is 4.39 Å². The largest absolute Gasteiger partial charge is 0.469 e. The molecule has 0 radical (unpaired) electrons. The number of hydrogen-bond acceptors (Lipinski definition) is 3. The number of hydrazine groups is 1. The molecule has 1 unspecified atom stereocenters. The number of hydrogen-bond donors (Lipinski definition) is 2. The summed E-state index contributed by atoms with van der Waals surface area (Å²) in [6.07, 6.45) is 2.79. The highest BCUT2D eigenvalue weighted by atomic mass is 19.1. The number of furan rings is 1. The average Bonchev–Trinajstić information content (AvgIpc) is 2.84. The monoisotopic (exact) mass is 234 g/mol. The number of nitrogens with one attached hydrogen (secondary N) is 1. The van der Waals surface area contributed by atoms with Crippen LogP contribution in [0.3, 0.4) is 0 Å². The van der Waals surface area contributed by atoms with Crippen LogP contribution in [0.15, 0.2) is 47.1 Å². The highest BCUT2D eigenvalue weighted by Gasteiger charge is 2.12. The summed E-state index contributed by atoms with van der Waals surface area (Å²) in [6, 6.07) is 10.4. The molecule has 90 valence electrons. The fourth-order valence-corrected chi connectivity index (χ4v) is 1.79. The van der Waals surface area contributed by atoms with Gasteiger partial charge in [-0.05, 0) is 30.2 Å². The van der Waals surface area contributed by atoms with Crippen molar-refractivity contribution < 1.29 is 8.81 Å². The molecule has 0 bridgehead atoms. The summed E-state index contributed by atoms with van der Waals surface area (Å²) in [4.78, 5) is 0. The smallest absolute Gasteiger partial charge is 0.126 e. The van der Waals surface area contributed by atoms with Crippen molar-refractivity contribution in [3.05, 3.63) is 59.8 Å². The first-order chi connectivity index (χ1) is 8.29. The zero-order valence-electron chi connectivity index (χ0n) is 9.40. The maximum Gasteiger partial charge on any atom is 0.126 e. The number of rotatable bonds is 5. The van der Waals surface area contributed by atoms with Gasteiger partial charge in [0.15, 0.2) is 0 Å². The first-order valence-electron chi connectivity index (χ1n) is 5.51. The second-order valence-electron chi connectivity index (χ2n) is 3.94. The van der Waals surface area contributed by atoms with Gasteiger partial charge >= 0.3 is 0 Å². The maximum absolute atomic E-state index is 13.5. The van der Waals surface area contributed by atoms with Gasteiger partial charge in [-0.2, -0.15) is 0 Å². The Bertz CT molecular complexity index is 456. The predicted octanol–water partition coefficient (Wildman–Crippen LogP) is 2.04. The third-order valence-corrected chi connectivity index (χ3v) is 2.69. The Labute approximate surface area is 99.4 Å². The molecular weight excluding hydrogens is 219 g/mol. The Morgan fingerprint density at radius 3 is 2.65 bits per heavy atom. The molecule has 0 saturated heterocycles. The number of halogens is 1. The van der Waals surface area contributed by atoms with Crippen LogP contribution in [0.4, 0.5) is 4.39 Å². The van der Waals surface area contributed by atoms with E-state index >= 15 is 0 Å². The van der Waals surface area contributed by atoms with Crippen molar-refractivity contribution in [2.75, 3.05) is 0 Å². The molecular formula is C13H15FN2O. The molecule has 17 heavy (non-hydrogen) atoms. The molecule has 0 spiro atoms. The first kappa shape index (κ1) is 11.8. The number of benzene rings is 1. The molecule has 0 aliphatic carbocycles. The molecule has 1 aromatic heterocycles. The second-order valence-corrected chi connectivity index (χ2v) is 3.94. The minimum atomic E-state index is -0.202. The molecule has 3 N–H and O–H groups in total. The van der Waals surface area contributed by atoms with Gasteiger partial charge in [0.25, 0.3) is 0 Å². The lowest BCUT2D eigenvalue weighted by atomic mass is 10.0. The van der Waals surface area contributed by atoms with Gasteiger partial charge in [0.1, 0.15) is 11.6 Å². The van der Waals surface area contributed by atoms with E-state index in [2.05, 4.69) is 5.43 Å². The van der Waals surface area contributed by atoms with E-state index in [9.17, 15) is 4.39 Å². The van der Waals surface area contributed by atoms with E-state index in [1.54, 1.807) is 18.4 Å². The molecule has 0 aliphatic heterocycles. The van der Waals surface area contributed by atoms with Crippen LogP contribution >= 0.6 is 0 Å². The van der Waals surface area contributed by atoms with Gasteiger partial charge < -0.3 is 4.42 Å². The normalized spacial score (nSPS) is 12.6. The maximum atomic E-state index is 13.5. The first-order valence-corrected chi connectivity index (χ1v) is 5.51. The number of nitrogens with two attached hydrogens (primary N) is 1. The summed E-state index contributed by atoms with van der Waals surface area (Å²) < 4.78 is 18.7. The molecule has 2 aromatic rings. The van der Waals surface area contributed by atoms with Crippen LogP contribution in [0.2, 0.25) is 0 Å². The van der Waals surface area contributed by atoms with Gasteiger partial charge in [0.05, 0.1) is 6.26 Å². The van der Waals surface area contributed by atoms with Crippen molar-refractivity contribution in [1.29, 1.82) is 0 Å². The van der Waals surface area contributed by atoms with Crippen LogP contribution in [0.5, 0.6) is 0 Å². The third kappa shape index (κ3) is 3.15. The van der Waals surface area contributed by atoms with E-state index in [0.717, 1.165) is 5.76 Å². The van der Waals surface area contributed by atoms with Crippen LogP contribution in [-0.4, -0.2) is 6.04 Å². The van der Waals surface area contributed by atoms with Crippen LogP contribution < -0.4 is 11.3 Å². The molecule has 0 aliphatic rings. The molecule has 0 fully saturated rings. The van der Waals surface area contributed by atoms with E-state index in [-0.39, 0.29) is 11.9 Å². The highest BCUT2D eigenvalue weighted by Crippen LogP contribution is 2.12. The minimum absolute atomic E-state index is 0.0435. The Morgan fingerprint density at radius 2 is 2.00 bits per heavy atom. The third-order valence-electron chi connectivity index (χ3n) is 2.69. The lowest BCUT2D eigenvalue weighted by Crippen LogP contribution is -2.38. The Balaban J connectivity index is 2.03. The summed E-state index contributed by atoms with van der Waals surface area (Å²) in [6.45, 7) is 0. The van der Waals surface area contributed by atoms with Crippen molar-refractivity contribution >= 4 is 0 Å². The van der Waals surface area contributed by atoms with Crippen molar-refractivity contribution in [3.63, 3.8) is 0 Å². The summed E-state index contributed by atoms with van der Waals surface area (Å²) in [5, 5.41) is 0. The Morgan fingerprint density at radius 1 is 1.18 bits per heavy atom. The molecule has 0 saturated carbocycles. The van der Waals surface area contributed by atoms with E-state index in [1.807, 2.05) is 18.2 Å². The molecule has 4 heteroatoms. The minimum Gasteiger partial charge on any atom is -0.469 e. The average molecular weight is 234 g/mol. The fourth-order valence-electron chi connectivity index (χ4n) is 1.79. The van der Waals surface area contributed by atoms with E-state index in [0.29, 0.717) is 18.4 Å². The van der Waals surface area contributed by atoms with Crippen molar-refractivity contribution in [3.8, 4) is 0 Å². The van der Waals surface area contributed by atoms with Gasteiger partial charge in [0, 0.05) is 12.5 Å². The van der Waals surface area contributed by atoms with Gasteiger partial charge in [0.2, 0.25) is 0 Å². The highest BCUT2D eigenvalue weighted by molar-refractivity contribution is 5.19. The lowest BCUT2D eigenvalue weighted by molar-refractivity contribution is 0.440. The fraction of sp³-hybridized carbons (Fsp3) is 0.231. The molecule has 1 heterocycles. The van der Waals surface area contributed by atoms with Crippen molar-refractivity contribution in [1.82, 2.24) is 5.43 Å². The Hall–Kier alpha value is -1.65. The molecule has 3 nitrogen and oxygen atoms in total. The summed E-state index contributed by atoms with van der Waals surface area (Å²) >= 11 is 0. The van der Waals surface area contributed by atoms with Crippen molar-refractivity contribution in [2.24, 2.45) is 5.84 Å². The zero-order valence-corrected chi connectivity index (χ0v) is 9.40. The van der Waals surface area contributed by atoms with Crippen LogP contribution in [0, 0.1) is 5.82 Å². The predicted molar refractivity (Wildman–Crippen MR) is 63.6 cm³/mol. The zero-order chi connectivity index (χ0) is 12.1. The van der Waals surface area contributed by atoms with E-state index < -0.39 is 0 Å². The topological polar surface area (TPSA) is 51.2 Å². The Kier molecular flexibility index (Phi) is 3.90. The summed E-state index contributed by atoms with van der Waals surface area (Å²) in [5.74, 6) is 6.11. The van der Waals surface area contributed by atoms with Gasteiger partial charge in [-0.1, -0.05) is 18.2 Å². The van der Waals surface area contributed by atoms with Crippen molar-refractivity contribution in [2.45, 2.75) is 18.9 Å². The van der Waals surface area contributed by atoms with Gasteiger partial charge in [-0.3, -0.25) is 11.3 Å². The molecule has 1 aromatic carbocycles. The van der Waals surface area contributed by atoms with Crippen LogP contribution in [0.25, 0.3) is 0 Å². The van der Waals surface area contributed by atoms with Gasteiger partial charge in [-0.15, -0.1) is 0 Å². The standard InChI is InChI=1S/C13H15FN2O/c14-13-6-2-1-4-10(13)8-11(16-15)9-12-5-3-7-17-12/h1-7,11,16H,8-9,15H2. The molecule has 1 atom stereocenters. The van der Waals surface area contributed by atoms with E-state index in [1.165, 1.54) is 6.07 Å². The molecule has 0 amide bonds. The SMILES string of the molecule is NNC(Cc1ccco1)Cc1ccccc1F. The lowest BCUT2D eigenvalue weighted by Gasteiger charge is -2.14. The van der Waals surface area contributed by atoms with Crippen LogP contribution in [0.1, 0.15) is 11.3 Å². The summed E-state index contributed by atoms with van der Waals surface area (Å²) in [5.41, 5.74) is 3.34. The summed E-state index contributed by atoms with van der Waals surface area (Å²) in [7, 11) is 0. The molecule has 2 rings (SSSR count).